The summed E-state index contributed by atoms with van der Waals surface area (Å²) in [5.74, 6) is -0.397. The van der Waals surface area contributed by atoms with E-state index in [0.717, 1.165) is 21.9 Å². The van der Waals surface area contributed by atoms with Crippen LogP contribution in [0.5, 0.6) is 0 Å². The molecule has 0 aliphatic carbocycles. The lowest BCUT2D eigenvalue weighted by molar-refractivity contribution is -0.153. The fraction of sp³-hybridized carbons (Fsp3) is 0.440. The van der Waals surface area contributed by atoms with Gasteiger partial charge in [-0.2, -0.15) is 4.31 Å². The van der Waals surface area contributed by atoms with Gasteiger partial charge in [0.1, 0.15) is 5.54 Å². The van der Waals surface area contributed by atoms with Crippen molar-refractivity contribution in [2.75, 3.05) is 19.6 Å². The molecule has 33 heavy (non-hydrogen) atoms. The van der Waals surface area contributed by atoms with Crippen LogP contribution in [0.2, 0.25) is 0 Å². The van der Waals surface area contributed by atoms with Crippen molar-refractivity contribution in [1.29, 1.82) is 0 Å². The van der Waals surface area contributed by atoms with Crippen molar-refractivity contribution in [2.45, 2.75) is 51.1 Å². The molecule has 1 aliphatic heterocycles. The summed E-state index contributed by atoms with van der Waals surface area (Å²) in [5.41, 5.74) is 0.541. The zero-order valence-electron chi connectivity index (χ0n) is 19.7. The monoisotopic (exact) mass is 471 g/mol. The number of piperazine rings is 1. The van der Waals surface area contributed by atoms with E-state index in [9.17, 15) is 18.0 Å². The number of hydrogen-bond donors (Lipinski definition) is 1. The quantitative estimate of drug-likeness (QED) is 0.641. The van der Waals surface area contributed by atoms with Gasteiger partial charge in [0.05, 0.1) is 11.4 Å². The van der Waals surface area contributed by atoms with Gasteiger partial charge in [-0.05, 0) is 43.9 Å². The van der Waals surface area contributed by atoms with Gasteiger partial charge in [0.2, 0.25) is 21.8 Å². The Hall–Kier alpha value is -2.71. The van der Waals surface area contributed by atoms with E-state index in [0.29, 0.717) is 19.0 Å². The van der Waals surface area contributed by atoms with E-state index in [1.807, 2.05) is 37.3 Å². The molecule has 0 radical (unpaired) electrons. The summed E-state index contributed by atoms with van der Waals surface area (Å²) in [5, 5.41) is 2.91. The van der Waals surface area contributed by atoms with Gasteiger partial charge in [-0.1, -0.05) is 61.9 Å². The predicted molar refractivity (Wildman–Crippen MR) is 128 cm³/mol. The first-order valence-corrected chi connectivity index (χ1v) is 12.7. The number of hydrogen-bond acceptors (Lipinski definition) is 4. The zero-order chi connectivity index (χ0) is 24.2. The predicted octanol–water partition coefficient (Wildman–Crippen LogP) is 2.95. The lowest BCUT2D eigenvalue weighted by Gasteiger charge is -2.47. The second-order valence-electron chi connectivity index (χ2n) is 9.26. The van der Waals surface area contributed by atoms with E-state index in [2.05, 4.69) is 19.2 Å². The fourth-order valence-corrected chi connectivity index (χ4v) is 5.43. The third-order valence-corrected chi connectivity index (χ3v) is 7.87. The molecule has 1 N–H and O–H groups in total. The van der Waals surface area contributed by atoms with E-state index in [4.69, 9.17) is 0 Å². The molecule has 1 atom stereocenters. The second kappa shape index (κ2) is 10.1. The molecule has 8 heteroatoms. The molecule has 0 unspecified atom stereocenters. The average Bonchev–Trinajstić information content (AvgIpc) is 2.77. The van der Waals surface area contributed by atoms with Gasteiger partial charge in [0, 0.05) is 19.6 Å². The molecule has 3 rings (SSSR count). The van der Waals surface area contributed by atoms with Crippen LogP contribution in [0.15, 0.2) is 59.5 Å². The molecule has 1 aliphatic rings. The minimum Gasteiger partial charge on any atom is -0.350 e. The molecule has 1 saturated heterocycles. The molecule has 1 fully saturated rings. The Balaban J connectivity index is 1.89. The average molecular weight is 472 g/mol. The Morgan fingerprint density at radius 3 is 2.33 bits per heavy atom. The van der Waals surface area contributed by atoms with Crippen LogP contribution in [-0.2, 0) is 26.2 Å². The van der Waals surface area contributed by atoms with E-state index >= 15 is 0 Å². The Morgan fingerprint density at radius 2 is 1.73 bits per heavy atom. The summed E-state index contributed by atoms with van der Waals surface area (Å²) in [6.07, 6.45) is 0.720. The molecular formula is C25H33N3O4S. The number of carbonyl (C=O) groups excluding carboxylic acids is 2. The van der Waals surface area contributed by atoms with Crippen LogP contribution < -0.4 is 5.32 Å². The molecule has 2 amide bonds. The van der Waals surface area contributed by atoms with Crippen LogP contribution >= 0.6 is 0 Å². The SMILES string of the molecule is Cc1ccc(S(=O)(=O)N2CC(=O)N(CCC(C)C)[C@](C)(C(=O)NCc3ccccc3)C2)cc1. The minimum absolute atomic E-state index is 0.104. The Kier molecular flexibility index (Phi) is 7.59. The maximum Gasteiger partial charge on any atom is 0.247 e. The highest BCUT2D eigenvalue weighted by atomic mass is 32.2. The fourth-order valence-electron chi connectivity index (χ4n) is 3.95. The summed E-state index contributed by atoms with van der Waals surface area (Å²) in [4.78, 5) is 28.3. The van der Waals surface area contributed by atoms with Gasteiger partial charge in [0.25, 0.3) is 0 Å². The number of amides is 2. The lowest BCUT2D eigenvalue weighted by atomic mass is 9.94. The highest BCUT2D eigenvalue weighted by Crippen LogP contribution is 2.28. The number of aryl methyl sites for hydroxylation is 1. The van der Waals surface area contributed by atoms with Crippen molar-refractivity contribution in [3.05, 3.63) is 65.7 Å². The highest BCUT2D eigenvalue weighted by Gasteiger charge is 2.50. The molecule has 7 nitrogen and oxygen atoms in total. The first kappa shape index (κ1) is 24.9. The van der Waals surface area contributed by atoms with Gasteiger partial charge < -0.3 is 10.2 Å². The topological polar surface area (TPSA) is 86.8 Å². The van der Waals surface area contributed by atoms with E-state index in [1.54, 1.807) is 24.0 Å². The maximum absolute atomic E-state index is 13.4. The van der Waals surface area contributed by atoms with Crippen molar-refractivity contribution in [2.24, 2.45) is 5.92 Å². The summed E-state index contributed by atoms with van der Waals surface area (Å²) >= 11 is 0. The molecule has 0 bridgehead atoms. The van der Waals surface area contributed by atoms with Crippen LogP contribution in [0.3, 0.4) is 0 Å². The largest absolute Gasteiger partial charge is 0.350 e. The number of benzene rings is 2. The lowest BCUT2D eigenvalue weighted by Crippen LogP contribution is -2.69. The summed E-state index contributed by atoms with van der Waals surface area (Å²) in [7, 11) is -3.93. The van der Waals surface area contributed by atoms with Crippen LogP contribution in [-0.4, -0.2) is 54.6 Å². The highest BCUT2D eigenvalue weighted by molar-refractivity contribution is 7.89. The molecule has 2 aromatic rings. The molecule has 0 spiro atoms. The van der Waals surface area contributed by atoms with E-state index in [-0.39, 0.29) is 29.8 Å². The molecular weight excluding hydrogens is 438 g/mol. The molecule has 1 heterocycles. The first-order chi connectivity index (χ1) is 15.5. The first-order valence-electron chi connectivity index (χ1n) is 11.2. The van der Waals surface area contributed by atoms with Gasteiger partial charge in [-0.3, -0.25) is 9.59 Å². The Morgan fingerprint density at radius 1 is 1.09 bits per heavy atom. The van der Waals surface area contributed by atoms with Crippen molar-refractivity contribution in [1.82, 2.24) is 14.5 Å². The van der Waals surface area contributed by atoms with Crippen LogP contribution in [0, 0.1) is 12.8 Å². The normalized spacial score (nSPS) is 19.7. The van der Waals surface area contributed by atoms with Crippen molar-refractivity contribution in [3.8, 4) is 0 Å². The number of nitrogens with zero attached hydrogens (tertiary/aromatic N) is 2. The maximum atomic E-state index is 13.4. The summed E-state index contributed by atoms with van der Waals surface area (Å²) in [6.45, 7) is 7.94. The summed E-state index contributed by atoms with van der Waals surface area (Å²) < 4.78 is 27.8. The van der Waals surface area contributed by atoms with Gasteiger partial charge in [0.15, 0.2) is 0 Å². The molecule has 178 valence electrons. The van der Waals surface area contributed by atoms with E-state index < -0.39 is 15.6 Å². The van der Waals surface area contributed by atoms with Crippen LogP contribution in [0.25, 0.3) is 0 Å². The van der Waals surface area contributed by atoms with Crippen molar-refractivity contribution < 1.29 is 18.0 Å². The van der Waals surface area contributed by atoms with Gasteiger partial charge >= 0.3 is 0 Å². The van der Waals surface area contributed by atoms with Crippen LogP contribution in [0.4, 0.5) is 0 Å². The van der Waals surface area contributed by atoms with Crippen molar-refractivity contribution in [3.63, 3.8) is 0 Å². The molecule has 2 aromatic carbocycles. The standard InChI is InChI=1S/C25H33N3O4S/c1-19(2)14-15-28-23(29)17-27(33(31,32)22-12-10-20(3)11-13-22)18-25(28,4)24(30)26-16-21-8-6-5-7-9-21/h5-13,19H,14-18H2,1-4H3,(H,26,30)/t25-/m0/s1. The molecule has 0 aromatic heterocycles. The van der Waals surface area contributed by atoms with Gasteiger partial charge in [-0.25, -0.2) is 8.42 Å². The van der Waals surface area contributed by atoms with Crippen molar-refractivity contribution >= 4 is 21.8 Å². The number of rotatable bonds is 8. The van der Waals surface area contributed by atoms with Gasteiger partial charge in [-0.15, -0.1) is 0 Å². The Labute approximate surface area is 196 Å². The number of nitrogens with one attached hydrogen (secondary N) is 1. The number of carbonyl (C=O) groups is 2. The van der Waals surface area contributed by atoms with Crippen LogP contribution in [0.1, 0.15) is 38.3 Å². The Bertz CT molecular complexity index is 1080. The third kappa shape index (κ3) is 5.62. The number of sulfonamides is 1. The smallest absolute Gasteiger partial charge is 0.247 e. The summed E-state index contributed by atoms with van der Waals surface area (Å²) in [6, 6.07) is 16.0. The molecule has 0 saturated carbocycles. The van der Waals surface area contributed by atoms with E-state index in [1.165, 1.54) is 12.1 Å². The second-order valence-corrected chi connectivity index (χ2v) is 11.2. The third-order valence-electron chi connectivity index (χ3n) is 6.07. The zero-order valence-corrected chi connectivity index (χ0v) is 20.6. The minimum atomic E-state index is -3.93.